The van der Waals surface area contributed by atoms with Crippen LogP contribution in [0.25, 0.3) is 0 Å². The molecule has 23 heavy (non-hydrogen) atoms. The quantitative estimate of drug-likeness (QED) is 0.788. The van der Waals surface area contributed by atoms with Crippen molar-refractivity contribution in [2.24, 2.45) is 0 Å². The molecule has 0 N–H and O–H groups in total. The summed E-state index contributed by atoms with van der Waals surface area (Å²) < 4.78 is 32.8. The molecule has 0 amide bonds. The van der Waals surface area contributed by atoms with E-state index in [1.807, 2.05) is 19.1 Å². The van der Waals surface area contributed by atoms with E-state index in [-0.39, 0.29) is 0 Å². The van der Waals surface area contributed by atoms with Crippen molar-refractivity contribution in [2.75, 3.05) is 26.2 Å². The summed E-state index contributed by atoms with van der Waals surface area (Å²) in [5.41, 5.74) is 0.857. The molecule has 1 aromatic carbocycles. The Balaban J connectivity index is 1.64. The van der Waals surface area contributed by atoms with E-state index < -0.39 is 10.0 Å². The van der Waals surface area contributed by atoms with Gasteiger partial charge in [0.05, 0.1) is 17.1 Å². The zero-order valence-corrected chi connectivity index (χ0v) is 15.2. The van der Waals surface area contributed by atoms with E-state index in [0.717, 1.165) is 15.9 Å². The first-order valence-corrected chi connectivity index (χ1v) is 9.59. The molecule has 124 valence electrons. The SMILES string of the molecule is Cc1cc(CN2CCN(S(=O)(=O)c3cccc(Br)c3)CC2)on1. The lowest BCUT2D eigenvalue weighted by Gasteiger charge is -2.33. The largest absolute Gasteiger partial charge is 0.360 e. The average molecular weight is 400 g/mol. The molecule has 1 saturated heterocycles. The third kappa shape index (κ3) is 3.82. The van der Waals surface area contributed by atoms with Gasteiger partial charge in [0.1, 0.15) is 0 Å². The number of aryl methyl sites for hydroxylation is 1. The van der Waals surface area contributed by atoms with Crippen LogP contribution in [0.3, 0.4) is 0 Å². The van der Waals surface area contributed by atoms with Gasteiger partial charge in [0, 0.05) is 36.7 Å². The van der Waals surface area contributed by atoms with Crippen molar-refractivity contribution in [1.82, 2.24) is 14.4 Å². The van der Waals surface area contributed by atoms with Crippen LogP contribution in [0.5, 0.6) is 0 Å². The number of benzene rings is 1. The highest BCUT2D eigenvalue weighted by molar-refractivity contribution is 9.10. The van der Waals surface area contributed by atoms with Crippen LogP contribution in [0.2, 0.25) is 0 Å². The number of aromatic nitrogens is 1. The Morgan fingerprint density at radius 3 is 2.57 bits per heavy atom. The Hall–Kier alpha value is -1.22. The summed E-state index contributed by atoms with van der Waals surface area (Å²) >= 11 is 3.32. The topological polar surface area (TPSA) is 66.7 Å². The van der Waals surface area contributed by atoms with Crippen molar-refractivity contribution in [2.45, 2.75) is 18.4 Å². The van der Waals surface area contributed by atoms with Crippen molar-refractivity contribution in [3.8, 4) is 0 Å². The number of sulfonamides is 1. The predicted molar refractivity (Wildman–Crippen MR) is 89.4 cm³/mol. The van der Waals surface area contributed by atoms with E-state index in [2.05, 4.69) is 26.0 Å². The van der Waals surface area contributed by atoms with Gasteiger partial charge >= 0.3 is 0 Å². The van der Waals surface area contributed by atoms with E-state index in [1.165, 1.54) is 4.31 Å². The summed E-state index contributed by atoms with van der Waals surface area (Å²) in [6.45, 7) is 4.84. The highest BCUT2D eigenvalue weighted by Crippen LogP contribution is 2.21. The molecule has 6 nitrogen and oxygen atoms in total. The molecule has 0 saturated carbocycles. The fourth-order valence-corrected chi connectivity index (χ4v) is 4.64. The van der Waals surface area contributed by atoms with Crippen molar-refractivity contribution < 1.29 is 12.9 Å². The Bertz CT molecular complexity index is 783. The molecule has 0 spiro atoms. The second-order valence-corrected chi connectivity index (χ2v) is 8.43. The van der Waals surface area contributed by atoms with Crippen LogP contribution < -0.4 is 0 Å². The van der Waals surface area contributed by atoms with Crippen molar-refractivity contribution in [3.63, 3.8) is 0 Å². The minimum atomic E-state index is -3.44. The summed E-state index contributed by atoms with van der Waals surface area (Å²) in [4.78, 5) is 2.50. The van der Waals surface area contributed by atoms with Gasteiger partial charge in [-0.05, 0) is 25.1 Å². The van der Waals surface area contributed by atoms with Crippen LogP contribution in [-0.2, 0) is 16.6 Å². The molecule has 0 atom stereocenters. The van der Waals surface area contributed by atoms with Crippen LogP contribution in [-0.4, -0.2) is 49.0 Å². The highest BCUT2D eigenvalue weighted by Gasteiger charge is 2.28. The van der Waals surface area contributed by atoms with Gasteiger partial charge in [0.2, 0.25) is 10.0 Å². The zero-order chi connectivity index (χ0) is 16.4. The van der Waals surface area contributed by atoms with Crippen molar-refractivity contribution in [3.05, 3.63) is 46.3 Å². The third-order valence-corrected chi connectivity index (χ3v) is 6.21. The first-order chi connectivity index (χ1) is 10.9. The lowest BCUT2D eigenvalue weighted by Crippen LogP contribution is -2.48. The smallest absolute Gasteiger partial charge is 0.243 e. The molecule has 8 heteroatoms. The molecule has 2 aromatic rings. The maximum atomic E-state index is 12.7. The number of rotatable bonds is 4. The fourth-order valence-electron chi connectivity index (χ4n) is 2.62. The van der Waals surface area contributed by atoms with E-state index in [1.54, 1.807) is 18.2 Å². The predicted octanol–water partition coefficient (Wildman–Crippen LogP) is 2.25. The van der Waals surface area contributed by atoms with Crippen LogP contribution in [0.4, 0.5) is 0 Å². The number of hydrogen-bond donors (Lipinski definition) is 0. The normalized spacial score (nSPS) is 17.5. The van der Waals surface area contributed by atoms with E-state index in [4.69, 9.17) is 4.52 Å². The molecule has 0 bridgehead atoms. The monoisotopic (exact) mass is 399 g/mol. The summed E-state index contributed by atoms with van der Waals surface area (Å²) in [5, 5.41) is 3.87. The molecule has 3 rings (SSSR count). The highest BCUT2D eigenvalue weighted by atomic mass is 79.9. The Labute approximate surface area is 144 Å². The Morgan fingerprint density at radius 1 is 1.22 bits per heavy atom. The Morgan fingerprint density at radius 2 is 1.96 bits per heavy atom. The van der Waals surface area contributed by atoms with Crippen LogP contribution >= 0.6 is 15.9 Å². The van der Waals surface area contributed by atoms with Gasteiger partial charge in [0.15, 0.2) is 5.76 Å². The molecule has 0 unspecified atom stereocenters. The molecule has 0 aliphatic carbocycles. The maximum absolute atomic E-state index is 12.7. The van der Waals surface area contributed by atoms with Gasteiger partial charge in [-0.15, -0.1) is 0 Å². The fraction of sp³-hybridized carbons (Fsp3) is 0.400. The number of nitrogens with zero attached hydrogens (tertiary/aromatic N) is 3. The molecule has 2 heterocycles. The van der Waals surface area contributed by atoms with Gasteiger partial charge in [-0.1, -0.05) is 27.2 Å². The van der Waals surface area contributed by atoms with Gasteiger partial charge in [-0.25, -0.2) is 8.42 Å². The molecular formula is C15H18BrN3O3S. The molecular weight excluding hydrogens is 382 g/mol. The summed E-state index contributed by atoms with van der Waals surface area (Å²) in [6.07, 6.45) is 0. The average Bonchev–Trinajstić information content (AvgIpc) is 2.93. The second kappa shape index (κ2) is 6.72. The van der Waals surface area contributed by atoms with Crippen molar-refractivity contribution in [1.29, 1.82) is 0 Å². The van der Waals surface area contributed by atoms with Gasteiger partial charge in [0.25, 0.3) is 0 Å². The number of piperazine rings is 1. The minimum absolute atomic E-state index is 0.325. The second-order valence-electron chi connectivity index (χ2n) is 5.57. The first kappa shape index (κ1) is 16.6. The number of hydrogen-bond acceptors (Lipinski definition) is 5. The van der Waals surface area contributed by atoms with E-state index in [0.29, 0.717) is 37.6 Å². The van der Waals surface area contributed by atoms with E-state index >= 15 is 0 Å². The summed E-state index contributed by atoms with van der Waals surface area (Å²) in [6, 6.07) is 8.73. The van der Waals surface area contributed by atoms with Crippen LogP contribution in [0.1, 0.15) is 11.5 Å². The van der Waals surface area contributed by atoms with Gasteiger partial charge < -0.3 is 4.52 Å². The minimum Gasteiger partial charge on any atom is -0.360 e. The molecule has 1 fully saturated rings. The Kier molecular flexibility index (Phi) is 4.86. The lowest BCUT2D eigenvalue weighted by atomic mass is 10.3. The summed E-state index contributed by atoms with van der Waals surface area (Å²) in [7, 11) is -3.44. The molecule has 1 aliphatic heterocycles. The van der Waals surface area contributed by atoms with Gasteiger partial charge in [-0.3, -0.25) is 4.90 Å². The maximum Gasteiger partial charge on any atom is 0.243 e. The molecule has 1 aromatic heterocycles. The zero-order valence-electron chi connectivity index (χ0n) is 12.8. The molecule has 1 aliphatic rings. The van der Waals surface area contributed by atoms with Crippen LogP contribution in [0.15, 0.2) is 44.2 Å². The third-order valence-electron chi connectivity index (χ3n) is 3.82. The standard InChI is InChI=1S/C15H18BrN3O3S/c1-12-9-14(22-17-12)11-18-5-7-19(8-6-18)23(20,21)15-4-2-3-13(16)10-15/h2-4,9-10H,5-8,11H2,1H3. The molecule has 0 radical (unpaired) electrons. The van der Waals surface area contributed by atoms with Crippen LogP contribution in [0, 0.1) is 6.92 Å². The first-order valence-electron chi connectivity index (χ1n) is 7.35. The summed E-state index contributed by atoms with van der Waals surface area (Å²) in [5.74, 6) is 0.811. The number of halogens is 1. The lowest BCUT2D eigenvalue weighted by molar-refractivity contribution is 0.166. The van der Waals surface area contributed by atoms with Crippen molar-refractivity contribution >= 4 is 26.0 Å². The van der Waals surface area contributed by atoms with Gasteiger partial charge in [-0.2, -0.15) is 4.31 Å². The van der Waals surface area contributed by atoms with E-state index in [9.17, 15) is 8.42 Å².